The van der Waals surface area contributed by atoms with Crippen LogP contribution in [0.1, 0.15) is 10.9 Å². The van der Waals surface area contributed by atoms with Gasteiger partial charge in [0.25, 0.3) is 0 Å². The number of rotatable bonds is 2. The molecule has 0 radical (unpaired) electrons. The Hall–Kier alpha value is -0.590. The summed E-state index contributed by atoms with van der Waals surface area (Å²) in [5.74, 6) is 4.79. The van der Waals surface area contributed by atoms with E-state index in [0.717, 1.165) is 11.3 Å². The highest BCUT2D eigenvalue weighted by molar-refractivity contribution is 7.10. The Kier molecular flexibility index (Phi) is 2.71. The molecule has 3 N–H and O–H groups in total. The molecule has 0 amide bonds. The average Bonchev–Trinajstić information content (AvgIpc) is 2.38. The molecule has 0 spiro atoms. The first-order valence-electron chi connectivity index (χ1n) is 3.12. The average molecular weight is 196 g/mol. The molecule has 0 saturated carbocycles. The van der Waals surface area contributed by atoms with Crippen molar-refractivity contribution in [2.75, 3.05) is 0 Å². The van der Waals surface area contributed by atoms with Crippen molar-refractivity contribution < 1.29 is 13.2 Å². The molecule has 1 atom stereocenters. The first-order valence-corrected chi connectivity index (χ1v) is 4.00. The highest BCUT2D eigenvalue weighted by Gasteiger charge is 2.40. The Morgan fingerprint density at radius 2 is 2.17 bits per heavy atom. The normalized spacial score (nSPS) is 14.7. The van der Waals surface area contributed by atoms with E-state index in [4.69, 9.17) is 5.84 Å². The van der Waals surface area contributed by atoms with Gasteiger partial charge in [0.1, 0.15) is 0 Å². The summed E-state index contributed by atoms with van der Waals surface area (Å²) in [6, 6.07) is 1.19. The number of nitrogens with two attached hydrogens (primary N) is 1. The highest BCUT2D eigenvalue weighted by atomic mass is 32.1. The van der Waals surface area contributed by atoms with Crippen LogP contribution in [0.25, 0.3) is 0 Å². The SMILES string of the molecule is NNC(c1cccs1)C(F)(F)F. The summed E-state index contributed by atoms with van der Waals surface area (Å²) >= 11 is 1.02. The molecule has 0 aromatic carbocycles. The number of thiophene rings is 1. The molecule has 6 heteroatoms. The Labute approximate surface area is 71.2 Å². The number of halogens is 3. The maximum Gasteiger partial charge on any atom is 0.409 e. The Morgan fingerprint density at radius 3 is 2.50 bits per heavy atom. The summed E-state index contributed by atoms with van der Waals surface area (Å²) in [5, 5.41) is 1.57. The lowest BCUT2D eigenvalue weighted by Crippen LogP contribution is -2.37. The summed E-state index contributed by atoms with van der Waals surface area (Å²) in [4.78, 5) is 0.171. The smallest absolute Gasteiger partial charge is 0.271 e. The maximum absolute atomic E-state index is 12.1. The van der Waals surface area contributed by atoms with Gasteiger partial charge in [-0.3, -0.25) is 5.84 Å². The van der Waals surface area contributed by atoms with Crippen LogP contribution in [0.5, 0.6) is 0 Å². The van der Waals surface area contributed by atoms with Gasteiger partial charge in [-0.25, -0.2) is 5.43 Å². The molecular weight excluding hydrogens is 189 g/mol. The van der Waals surface area contributed by atoms with Crippen molar-refractivity contribution in [3.8, 4) is 0 Å². The van der Waals surface area contributed by atoms with Gasteiger partial charge in [-0.05, 0) is 11.4 Å². The van der Waals surface area contributed by atoms with Crippen LogP contribution >= 0.6 is 11.3 Å². The second kappa shape index (κ2) is 3.42. The van der Waals surface area contributed by atoms with Gasteiger partial charge >= 0.3 is 6.18 Å². The van der Waals surface area contributed by atoms with Gasteiger partial charge in [0.05, 0.1) is 0 Å². The predicted octanol–water partition coefficient (Wildman–Crippen LogP) is 1.81. The number of alkyl halides is 3. The molecule has 0 aliphatic rings. The van der Waals surface area contributed by atoms with Crippen LogP contribution in [-0.2, 0) is 0 Å². The van der Waals surface area contributed by atoms with Crippen molar-refractivity contribution in [2.24, 2.45) is 5.84 Å². The lowest BCUT2D eigenvalue weighted by molar-refractivity contribution is -0.157. The van der Waals surface area contributed by atoms with Crippen molar-refractivity contribution in [2.45, 2.75) is 12.2 Å². The van der Waals surface area contributed by atoms with Crippen LogP contribution in [0.3, 0.4) is 0 Å². The standard InChI is InChI=1S/C6H7F3N2S/c7-6(8,9)5(11-10)4-2-1-3-12-4/h1-3,5,11H,10H2. The minimum absolute atomic E-state index is 0.171. The number of nitrogens with one attached hydrogen (secondary N) is 1. The zero-order valence-electron chi connectivity index (χ0n) is 5.93. The lowest BCUT2D eigenvalue weighted by atomic mass is 10.2. The molecule has 1 unspecified atom stereocenters. The van der Waals surface area contributed by atoms with Crippen LogP contribution in [0.4, 0.5) is 13.2 Å². The van der Waals surface area contributed by atoms with Crippen molar-refractivity contribution in [1.82, 2.24) is 5.43 Å². The summed E-state index contributed by atoms with van der Waals surface area (Å²) in [5.41, 5.74) is 1.73. The van der Waals surface area contributed by atoms with Crippen LogP contribution in [0.15, 0.2) is 17.5 Å². The van der Waals surface area contributed by atoms with E-state index in [9.17, 15) is 13.2 Å². The van der Waals surface area contributed by atoms with Gasteiger partial charge in [-0.1, -0.05) is 6.07 Å². The Balaban J connectivity index is 2.84. The van der Waals surface area contributed by atoms with Crippen LogP contribution in [0.2, 0.25) is 0 Å². The lowest BCUT2D eigenvalue weighted by Gasteiger charge is -2.17. The van der Waals surface area contributed by atoms with Gasteiger partial charge in [0.2, 0.25) is 0 Å². The van der Waals surface area contributed by atoms with E-state index in [2.05, 4.69) is 0 Å². The quantitative estimate of drug-likeness (QED) is 0.559. The molecule has 0 fully saturated rings. The molecule has 1 rings (SSSR count). The second-order valence-electron chi connectivity index (χ2n) is 2.16. The molecule has 0 aliphatic carbocycles. The third kappa shape index (κ3) is 1.96. The molecule has 1 heterocycles. The van der Waals surface area contributed by atoms with Gasteiger partial charge in [-0.2, -0.15) is 13.2 Å². The molecule has 1 aromatic rings. The van der Waals surface area contributed by atoms with Gasteiger partial charge in [-0.15, -0.1) is 11.3 Å². The predicted molar refractivity (Wildman–Crippen MR) is 40.4 cm³/mol. The van der Waals surface area contributed by atoms with Crippen LogP contribution in [0, 0.1) is 0 Å². The van der Waals surface area contributed by atoms with Crippen LogP contribution < -0.4 is 11.3 Å². The van der Waals surface area contributed by atoms with E-state index in [-0.39, 0.29) is 4.88 Å². The molecule has 1 aromatic heterocycles. The molecule has 12 heavy (non-hydrogen) atoms. The third-order valence-electron chi connectivity index (χ3n) is 1.32. The van der Waals surface area contributed by atoms with E-state index in [0.29, 0.717) is 0 Å². The highest BCUT2D eigenvalue weighted by Crippen LogP contribution is 2.33. The topological polar surface area (TPSA) is 38.0 Å². The third-order valence-corrected chi connectivity index (χ3v) is 2.26. The molecular formula is C6H7F3N2S. The van der Waals surface area contributed by atoms with Gasteiger partial charge < -0.3 is 0 Å². The van der Waals surface area contributed by atoms with E-state index >= 15 is 0 Å². The maximum atomic E-state index is 12.1. The summed E-state index contributed by atoms with van der Waals surface area (Å²) in [6.45, 7) is 0. The summed E-state index contributed by atoms with van der Waals surface area (Å²) in [6.07, 6.45) is -4.33. The van der Waals surface area contributed by atoms with Crippen molar-refractivity contribution >= 4 is 11.3 Å². The van der Waals surface area contributed by atoms with E-state index in [1.807, 2.05) is 0 Å². The van der Waals surface area contributed by atoms with Gasteiger partial charge in [0.15, 0.2) is 6.04 Å². The largest absolute Gasteiger partial charge is 0.409 e. The first-order chi connectivity index (χ1) is 5.55. The van der Waals surface area contributed by atoms with Crippen molar-refractivity contribution in [1.29, 1.82) is 0 Å². The van der Waals surface area contributed by atoms with E-state index in [1.54, 1.807) is 16.9 Å². The number of hydrazine groups is 1. The molecule has 2 nitrogen and oxygen atoms in total. The van der Waals surface area contributed by atoms with Crippen molar-refractivity contribution in [3.63, 3.8) is 0 Å². The molecule has 0 aliphatic heterocycles. The first kappa shape index (κ1) is 9.50. The number of hydrogen-bond acceptors (Lipinski definition) is 3. The monoisotopic (exact) mass is 196 g/mol. The fraction of sp³-hybridized carbons (Fsp3) is 0.333. The minimum Gasteiger partial charge on any atom is -0.271 e. The fourth-order valence-electron chi connectivity index (χ4n) is 0.793. The Bertz CT molecular complexity index is 231. The fourth-order valence-corrected chi connectivity index (χ4v) is 1.60. The molecule has 68 valence electrons. The summed E-state index contributed by atoms with van der Waals surface area (Å²) < 4.78 is 36.4. The number of hydrogen-bond donors (Lipinski definition) is 2. The molecule has 0 bridgehead atoms. The second-order valence-corrected chi connectivity index (χ2v) is 3.14. The molecule has 0 saturated heterocycles. The minimum atomic E-state index is -4.33. The van der Waals surface area contributed by atoms with Crippen LogP contribution in [-0.4, -0.2) is 6.18 Å². The van der Waals surface area contributed by atoms with Gasteiger partial charge in [0, 0.05) is 4.88 Å². The van der Waals surface area contributed by atoms with Crippen molar-refractivity contribution in [3.05, 3.63) is 22.4 Å². The zero-order valence-corrected chi connectivity index (χ0v) is 6.75. The summed E-state index contributed by atoms with van der Waals surface area (Å²) in [7, 11) is 0. The Morgan fingerprint density at radius 1 is 1.50 bits per heavy atom. The van der Waals surface area contributed by atoms with E-state index in [1.165, 1.54) is 6.07 Å². The van der Waals surface area contributed by atoms with E-state index < -0.39 is 12.2 Å². The zero-order chi connectivity index (χ0) is 9.19.